The number of carbonyl (C=O) groups excluding carboxylic acids is 1. The standard InChI is InChI=1S/C12H16N2O2/c1-5-6-10(15)14-12-8(3)7(2)11(16)9(4)13-12/h5,16H,1,6H2,2-4H3,(H,13,14,15). The lowest BCUT2D eigenvalue weighted by Crippen LogP contribution is -2.13. The number of hydrogen-bond acceptors (Lipinski definition) is 3. The van der Waals surface area contributed by atoms with E-state index in [1.54, 1.807) is 13.8 Å². The highest BCUT2D eigenvalue weighted by atomic mass is 16.3. The summed E-state index contributed by atoms with van der Waals surface area (Å²) in [5, 5.41) is 12.3. The Labute approximate surface area is 95.0 Å². The first-order valence-electron chi connectivity index (χ1n) is 5.04. The maximum Gasteiger partial charge on any atom is 0.229 e. The van der Waals surface area contributed by atoms with Crippen LogP contribution in [0.2, 0.25) is 0 Å². The van der Waals surface area contributed by atoms with E-state index in [1.807, 2.05) is 6.92 Å². The molecule has 0 aliphatic heterocycles. The molecule has 0 saturated heterocycles. The monoisotopic (exact) mass is 220 g/mol. The molecule has 0 radical (unpaired) electrons. The van der Waals surface area contributed by atoms with Crippen molar-refractivity contribution < 1.29 is 9.90 Å². The quantitative estimate of drug-likeness (QED) is 0.768. The van der Waals surface area contributed by atoms with Crippen LogP contribution in [-0.4, -0.2) is 16.0 Å². The minimum absolute atomic E-state index is 0.157. The maximum atomic E-state index is 11.4. The molecule has 0 unspecified atom stereocenters. The lowest BCUT2D eigenvalue weighted by atomic mass is 10.1. The third kappa shape index (κ3) is 2.39. The van der Waals surface area contributed by atoms with E-state index in [0.29, 0.717) is 11.5 Å². The van der Waals surface area contributed by atoms with Gasteiger partial charge in [0.2, 0.25) is 5.91 Å². The van der Waals surface area contributed by atoms with Gasteiger partial charge in [0.15, 0.2) is 0 Å². The number of pyridine rings is 1. The first-order chi connectivity index (χ1) is 7.47. The van der Waals surface area contributed by atoms with Gasteiger partial charge in [-0.05, 0) is 31.9 Å². The lowest BCUT2D eigenvalue weighted by Gasteiger charge is -2.12. The Balaban J connectivity index is 3.06. The largest absolute Gasteiger partial charge is 0.506 e. The molecular formula is C12H16N2O2. The Morgan fingerprint density at radius 3 is 2.62 bits per heavy atom. The van der Waals surface area contributed by atoms with Crippen molar-refractivity contribution in [2.24, 2.45) is 0 Å². The van der Waals surface area contributed by atoms with Gasteiger partial charge in [-0.2, -0.15) is 0 Å². The van der Waals surface area contributed by atoms with Crippen LogP contribution in [0.3, 0.4) is 0 Å². The van der Waals surface area contributed by atoms with E-state index in [9.17, 15) is 9.90 Å². The second-order valence-corrected chi connectivity index (χ2v) is 3.69. The summed E-state index contributed by atoms with van der Waals surface area (Å²) in [4.78, 5) is 15.5. The third-order valence-corrected chi connectivity index (χ3v) is 2.48. The molecule has 86 valence electrons. The van der Waals surface area contributed by atoms with Gasteiger partial charge >= 0.3 is 0 Å². The van der Waals surface area contributed by atoms with Gasteiger partial charge in [0, 0.05) is 6.42 Å². The van der Waals surface area contributed by atoms with E-state index >= 15 is 0 Å². The molecule has 0 spiro atoms. The van der Waals surface area contributed by atoms with Crippen molar-refractivity contribution in [1.82, 2.24) is 4.98 Å². The fourth-order valence-corrected chi connectivity index (χ4v) is 1.37. The highest BCUT2D eigenvalue weighted by Gasteiger charge is 2.12. The summed E-state index contributed by atoms with van der Waals surface area (Å²) >= 11 is 0. The van der Waals surface area contributed by atoms with Crippen LogP contribution in [0.25, 0.3) is 0 Å². The summed E-state index contributed by atoms with van der Waals surface area (Å²) in [5.41, 5.74) is 2.03. The van der Waals surface area contributed by atoms with Crippen LogP contribution in [0.15, 0.2) is 12.7 Å². The first kappa shape index (κ1) is 12.2. The third-order valence-electron chi connectivity index (χ3n) is 2.48. The highest BCUT2D eigenvalue weighted by molar-refractivity contribution is 5.91. The second kappa shape index (κ2) is 4.79. The number of aromatic hydroxyl groups is 1. The molecule has 0 atom stereocenters. The smallest absolute Gasteiger partial charge is 0.229 e. The van der Waals surface area contributed by atoms with Gasteiger partial charge in [-0.1, -0.05) is 6.08 Å². The fraction of sp³-hybridized carbons (Fsp3) is 0.333. The van der Waals surface area contributed by atoms with Gasteiger partial charge in [0.25, 0.3) is 0 Å². The van der Waals surface area contributed by atoms with Gasteiger partial charge in [0.05, 0.1) is 5.69 Å². The summed E-state index contributed by atoms with van der Waals surface area (Å²) < 4.78 is 0. The Bertz CT molecular complexity index is 439. The van der Waals surface area contributed by atoms with Crippen molar-refractivity contribution in [3.63, 3.8) is 0 Å². The molecule has 16 heavy (non-hydrogen) atoms. The van der Waals surface area contributed by atoms with E-state index in [1.165, 1.54) is 6.08 Å². The molecule has 1 rings (SSSR count). The second-order valence-electron chi connectivity index (χ2n) is 3.69. The molecule has 1 aromatic heterocycles. The number of nitrogens with zero attached hydrogens (tertiary/aromatic N) is 1. The molecule has 2 N–H and O–H groups in total. The zero-order chi connectivity index (χ0) is 12.3. The van der Waals surface area contributed by atoms with Crippen LogP contribution < -0.4 is 5.32 Å². The zero-order valence-electron chi connectivity index (χ0n) is 9.79. The van der Waals surface area contributed by atoms with Crippen LogP contribution in [-0.2, 0) is 4.79 Å². The zero-order valence-corrected chi connectivity index (χ0v) is 9.79. The number of anilines is 1. The van der Waals surface area contributed by atoms with E-state index in [2.05, 4.69) is 16.9 Å². The van der Waals surface area contributed by atoms with Crippen molar-refractivity contribution in [2.75, 3.05) is 5.32 Å². The molecule has 1 aromatic rings. The number of amides is 1. The summed E-state index contributed by atoms with van der Waals surface area (Å²) in [6.45, 7) is 8.80. The van der Waals surface area contributed by atoms with Crippen LogP contribution in [0.5, 0.6) is 5.75 Å². The van der Waals surface area contributed by atoms with Gasteiger partial charge in [-0.15, -0.1) is 6.58 Å². The average Bonchev–Trinajstić information content (AvgIpc) is 2.23. The normalized spacial score (nSPS) is 9.94. The number of aromatic nitrogens is 1. The van der Waals surface area contributed by atoms with Crippen molar-refractivity contribution >= 4 is 11.7 Å². The minimum Gasteiger partial charge on any atom is -0.506 e. The average molecular weight is 220 g/mol. The summed E-state index contributed by atoms with van der Waals surface area (Å²) in [5.74, 6) is 0.522. The number of aryl methyl sites for hydroxylation is 1. The number of carbonyl (C=O) groups is 1. The van der Waals surface area contributed by atoms with Crippen molar-refractivity contribution in [2.45, 2.75) is 27.2 Å². The molecule has 1 heterocycles. The van der Waals surface area contributed by atoms with E-state index < -0.39 is 0 Å². The van der Waals surface area contributed by atoms with Crippen LogP contribution in [0.1, 0.15) is 23.2 Å². The molecule has 0 saturated carbocycles. The molecule has 0 bridgehead atoms. The number of rotatable bonds is 3. The fourth-order valence-electron chi connectivity index (χ4n) is 1.37. The SMILES string of the molecule is C=CCC(=O)Nc1nc(C)c(O)c(C)c1C. The first-order valence-corrected chi connectivity index (χ1v) is 5.04. The molecule has 0 fully saturated rings. The van der Waals surface area contributed by atoms with Gasteiger partial charge in [-0.25, -0.2) is 4.98 Å². The Kier molecular flexibility index (Phi) is 3.66. The van der Waals surface area contributed by atoms with E-state index in [-0.39, 0.29) is 18.1 Å². The molecule has 1 amide bonds. The summed E-state index contributed by atoms with van der Waals surface area (Å²) in [6, 6.07) is 0. The van der Waals surface area contributed by atoms with Crippen LogP contribution >= 0.6 is 0 Å². The Morgan fingerprint density at radius 2 is 2.06 bits per heavy atom. The summed E-state index contributed by atoms with van der Waals surface area (Å²) in [6.07, 6.45) is 1.78. The highest BCUT2D eigenvalue weighted by Crippen LogP contribution is 2.27. The summed E-state index contributed by atoms with van der Waals surface area (Å²) in [7, 11) is 0. The van der Waals surface area contributed by atoms with Crippen LogP contribution in [0, 0.1) is 20.8 Å². The van der Waals surface area contributed by atoms with Crippen molar-refractivity contribution in [3.05, 3.63) is 29.5 Å². The predicted molar refractivity (Wildman–Crippen MR) is 63.6 cm³/mol. The minimum atomic E-state index is -0.157. The lowest BCUT2D eigenvalue weighted by molar-refractivity contribution is -0.115. The van der Waals surface area contributed by atoms with Crippen LogP contribution in [0.4, 0.5) is 5.82 Å². The van der Waals surface area contributed by atoms with Gasteiger partial charge < -0.3 is 10.4 Å². The van der Waals surface area contributed by atoms with Crippen molar-refractivity contribution in [1.29, 1.82) is 0 Å². The van der Waals surface area contributed by atoms with Crippen molar-refractivity contribution in [3.8, 4) is 5.75 Å². The Hall–Kier alpha value is -1.84. The molecular weight excluding hydrogens is 204 g/mol. The molecule has 4 heteroatoms. The topological polar surface area (TPSA) is 62.2 Å². The predicted octanol–water partition coefficient (Wildman–Crippen LogP) is 2.23. The van der Waals surface area contributed by atoms with E-state index in [0.717, 1.165) is 11.1 Å². The molecule has 0 aliphatic rings. The van der Waals surface area contributed by atoms with Gasteiger partial charge in [0.1, 0.15) is 11.6 Å². The van der Waals surface area contributed by atoms with E-state index in [4.69, 9.17) is 0 Å². The molecule has 0 aliphatic carbocycles. The number of hydrogen-bond donors (Lipinski definition) is 2. The number of nitrogens with one attached hydrogen (secondary N) is 1. The Morgan fingerprint density at radius 1 is 1.44 bits per heavy atom. The molecule has 0 aromatic carbocycles. The molecule has 4 nitrogen and oxygen atoms in total. The maximum absolute atomic E-state index is 11.4. The van der Waals surface area contributed by atoms with Gasteiger partial charge in [-0.3, -0.25) is 4.79 Å².